The fourth-order valence-electron chi connectivity index (χ4n) is 3.94. The lowest BCUT2D eigenvalue weighted by Crippen LogP contribution is -2.41. The highest BCUT2D eigenvalue weighted by Crippen LogP contribution is 2.34. The molecular weight excluding hydrogens is 312 g/mol. The minimum Gasteiger partial charge on any atom is -0.481 e. The van der Waals surface area contributed by atoms with Gasteiger partial charge in [0, 0.05) is 12.7 Å². The number of hydrogen-bond acceptors (Lipinski definition) is 3. The smallest absolute Gasteiger partial charge is 0.307 e. The van der Waals surface area contributed by atoms with Crippen LogP contribution in [0.25, 0.3) is 0 Å². The van der Waals surface area contributed by atoms with Gasteiger partial charge in [0.25, 0.3) is 0 Å². The van der Waals surface area contributed by atoms with Gasteiger partial charge in [-0.05, 0) is 57.4 Å². The van der Waals surface area contributed by atoms with Crippen molar-refractivity contribution >= 4 is 5.97 Å². The van der Waals surface area contributed by atoms with E-state index in [1.54, 1.807) is 0 Å². The maximum absolute atomic E-state index is 11.5. The van der Waals surface area contributed by atoms with Gasteiger partial charge in [-0.3, -0.25) is 14.7 Å². The standard InChI is InChI=1S/C21H26N2O2/c1-14-10-15(2)12-18(11-14)20(19-16(3)6-4-8-22-19)23-9-5-7-17(13-23)21(24)25/h4,6,8,10-12,17,20H,5,7,9,13H2,1-3H3,(H,24,25). The van der Waals surface area contributed by atoms with E-state index in [9.17, 15) is 9.90 Å². The monoisotopic (exact) mass is 338 g/mol. The number of rotatable bonds is 4. The Bertz CT molecular complexity index is 752. The Hall–Kier alpha value is -2.20. The van der Waals surface area contributed by atoms with Gasteiger partial charge in [-0.15, -0.1) is 0 Å². The summed E-state index contributed by atoms with van der Waals surface area (Å²) in [5.41, 5.74) is 5.81. The Balaban J connectivity index is 2.06. The van der Waals surface area contributed by atoms with Gasteiger partial charge in [0.1, 0.15) is 0 Å². The summed E-state index contributed by atoms with van der Waals surface area (Å²) in [6.45, 7) is 7.77. The molecule has 4 nitrogen and oxygen atoms in total. The van der Waals surface area contributed by atoms with Crippen LogP contribution in [0.15, 0.2) is 36.5 Å². The number of aromatic nitrogens is 1. The van der Waals surface area contributed by atoms with Crippen molar-refractivity contribution in [1.29, 1.82) is 0 Å². The summed E-state index contributed by atoms with van der Waals surface area (Å²) in [5.74, 6) is -0.993. The summed E-state index contributed by atoms with van der Waals surface area (Å²) < 4.78 is 0. The van der Waals surface area contributed by atoms with Gasteiger partial charge in [-0.2, -0.15) is 0 Å². The lowest BCUT2D eigenvalue weighted by Gasteiger charge is -2.37. The predicted octanol–water partition coefficient (Wildman–Crippen LogP) is 3.89. The SMILES string of the molecule is Cc1cc(C)cc(C(c2ncccc2C)N2CCCC(C(=O)O)C2)c1. The lowest BCUT2D eigenvalue weighted by molar-refractivity contribution is -0.143. The van der Waals surface area contributed by atoms with Gasteiger partial charge in [-0.25, -0.2) is 0 Å². The van der Waals surface area contributed by atoms with Crippen LogP contribution in [0.1, 0.15) is 46.8 Å². The first kappa shape index (κ1) is 17.6. The molecule has 132 valence electrons. The molecule has 1 aliphatic rings. The van der Waals surface area contributed by atoms with E-state index in [0.717, 1.165) is 30.6 Å². The second kappa shape index (κ2) is 7.36. The van der Waals surface area contributed by atoms with Gasteiger partial charge in [0.15, 0.2) is 0 Å². The van der Waals surface area contributed by atoms with Gasteiger partial charge in [-0.1, -0.05) is 35.4 Å². The Morgan fingerprint density at radius 3 is 2.60 bits per heavy atom. The molecule has 2 unspecified atom stereocenters. The molecule has 0 radical (unpaired) electrons. The molecule has 1 aromatic carbocycles. The van der Waals surface area contributed by atoms with Crippen LogP contribution in [-0.4, -0.2) is 34.0 Å². The van der Waals surface area contributed by atoms with Gasteiger partial charge >= 0.3 is 5.97 Å². The molecule has 0 saturated carbocycles. The molecular formula is C21H26N2O2. The molecule has 2 heterocycles. The van der Waals surface area contributed by atoms with Crippen molar-refractivity contribution in [2.24, 2.45) is 5.92 Å². The lowest BCUT2D eigenvalue weighted by atomic mass is 9.91. The molecule has 1 saturated heterocycles. The first-order valence-electron chi connectivity index (χ1n) is 8.92. The number of benzene rings is 1. The molecule has 4 heteroatoms. The first-order chi connectivity index (χ1) is 12.0. The van der Waals surface area contributed by atoms with Crippen molar-refractivity contribution in [3.8, 4) is 0 Å². The number of aliphatic carboxylic acids is 1. The van der Waals surface area contributed by atoms with Crippen LogP contribution in [0.3, 0.4) is 0 Å². The van der Waals surface area contributed by atoms with Crippen molar-refractivity contribution in [3.63, 3.8) is 0 Å². The van der Waals surface area contributed by atoms with Gasteiger partial charge in [0.2, 0.25) is 0 Å². The molecule has 1 aliphatic heterocycles. The van der Waals surface area contributed by atoms with E-state index >= 15 is 0 Å². The van der Waals surface area contributed by atoms with E-state index in [1.807, 2.05) is 12.3 Å². The minimum atomic E-state index is -0.693. The normalized spacial score (nSPS) is 19.6. The molecule has 0 aliphatic carbocycles. The average Bonchev–Trinajstić information content (AvgIpc) is 2.56. The number of likely N-dealkylation sites (tertiary alicyclic amines) is 1. The van der Waals surface area contributed by atoms with Crippen LogP contribution in [-0.2, 0) is 4.79 Å². The fraction of sp³-hybridized carbons (Fsp3) is 0.429. The zero-order valence-electron chi connectivity index (χ0n) is 15.2. The molecule has 25 heavy (non-hydrogen) atoms. The van der Waals surface area contributed by atoms with E-state index in [-0.39, 0.29) is 12.0 Å². The van der Waals surface area contributed by atoms with Crippen molar-refractivity contribution in [2.75, 3.05) is 13.1 Å². The number of piperidine rings is 1. The summed E-state index contributed by atoms with van der Waals surface area (Å²) in [5, 5.41) is 9.48. The van der Waals surface area contributed by atoms with Crippen LogP contribution in [0.5, 0.6) is 0 Å². The van der Waals surface area contributed by atoms with E-state index in [4.69, 9.17) is 0 Å². The minimum absolute atomic E-state index is 0.00181. The van der Waals surface area contributed by atoms with Crippen LogP contribution < -0.4 is 0 Å². The second-order valence-corrected chi connectivity index (χ2v) is 7.20. The van der Waals surface area contributed by atoms with E-state index < -0.39 is 5.97 Å². The van der Waals surface area contributed by atoms with E-state index in [0.29, 0.717) is 6.54 Å². The summed E-state index contributed by atoms with van der Waals surface area (Å²) in [7, 11) is 0. The largest absolute Gasteiger partial charge is 0.481 e. The molecule has 3 rings (SSSR count). The molecule has 0 amide bonds. The Morgan fingerprint density at radius 1 is 1.24 bits per heavy atom. The van der Waals surface area contributed by atoms with Crippen LogP contribution in [0.2, 0.25) is 0 Å². The van der Waals surface area contributed by atoms with Gasteiger partial charge < -0.3 is 5.11 Å². The van der Waals surface area contributed by atoms with Gasteiger partial charge in [0.05, 0.1) is 17.7 Å². The number of carboxylic acid groups (broad SMARTS) is 1. The third-order valence-electron chi connectivity index (χ3n) is 5.04. The van der Waals surface area contributed by atoms with E-state index in [1.165, 1.54) is 16.7 Å². The van der Waals surface area contributed by atoms with Crippen LogP contribution in [0.4, 0.5) is 0 Å². The number of hydrogen-bond donors (Lipinski definition) is 1. The molecule has 2 atom stereocenters. The average molecular weight is 338 g/mol. The maximum Gasteiger partial charge on any atom is 0.307 e. The molecule has 0 bridgehead atoms. The summed E-state index contributed by atoms with van der Waals surface area (Å²) in [6.07, 6.45) is 3.49. The van der Waals surface area contributed by atoms with Crippen molar-refractivity contribution in [1.82, 2.24) is 9.88 Å². The summed E-state index contributed by atoms with van der Waals surface area (Å²) in [6, 6.07) is 10.6. The Morgan fingerprint density at radius 2 is 1.96 bits per heavy atom. The Kier molecular flexibility index (Phi) is 5.19. The molecule has 0 spiro atoms. The molecule has 2 aromatic rings. The highest BCUT2D eigenvalue weighted by Gasteiger charge is 2.32. The summed E-state index contributed by atoms with van der Waals surface area (Å²) in [4.78, 5) is 18.5. The van der Waals surface area contributed by atoms with Crippen molar-refractivity contribution in [2.45, 2.75) is 39.7 Å². The van der Waals surface area contributed by atoms with Crippen LogP contribution >= 0.6 is 0 Å². The fourth-order valence-corrected chi connectivity index (χ4v) is 3.94. The highest BCUT2D eigenvalue weighted by molar-refractivity contribution is 5.70. The van der Waals surface area contributed by atoms with Crippen LogP contribution in [0, 0.1) is 26.7 Å². The third-order valence-corrected chi connectivity index (χ3v) is 5.04. The highest BCUT2D eigenvalue weighted by atomic mass is 16.4. The number of pyridine rings is 1. The van der Waals surface area contributed by atoms with Crippen molar-refractivity contribution in [3.05, 3.63) is 64.5 Å². The first-order valence-corrected chi connectivity index (χ1v) is 8.92. The number of carbonyl (C=O) groups is 1. The van der Waals surface area contributed by atoms with E-state index in [2.05, 4.69) is 54.9 Å². The molecule has 1 fully saturated rings. The second-order valence-electron chi connectivity index (χ2n) is 7.20. The molecule has 1 aromatic heterocycles. The number of nitrogens with zero attached hydrogens (tertiary/aromatic N) is 2. The third kappa shape index (κ3) is 3.90. The zero-order chi connectivity index (χ0) is 18.0. The summed E-state index contributed by atoms with van der Waals surface area (Å²) >= 11 is 0. The predicted molar refractivity (Wildman–Crippen MR) is 98.7 cm³/mol. The number of aryl methyl sites for hydroxylation is 3. The zero-order valence-corrected chi connectivity index (χ0v) is 15.2. The quantitative estimate of drug-likeness (QED) is 0.919. The van der Waals surface area contributed by atoms with Crippen molar-refractivity contribution < 1.29 is 9.90 Å². The molecule has 1 N–H and O–H groups in total. The maximum atomic E-state index is 11.5. The topological polar surface area (TPSA) is 53.4 Å². The number of carboxylic acids is 1. The Labute approximate surface area is 149 Å².